The Kier molecular flexibility index (Phi) is 6.27. The first kappa shape index (κ1) is 24.7. The normalized spacial score (nSPS) is 12.3. The van der Waals surface area contributed by atoms with Crippen LogP contribution in [0.4, 0.5) is 0 Å². The highest BCUT2D eigenvalue weighted by atomic mass is 35.5. The minimum atomic E-state index is -4.50. The standard InChI is InChI=1S/C24H20Cl2N2O4S2/c1-13-15(9-5-11-19(13)25)21-17-7-3-4-8-18(17)23(33(27,29)30)22(24(21)34(28,31)32)16-10-6-12-20(26)14(16)2/h3-12H,1-2H3,(H2,27,29,30)(H2,28,31,32). The summed E-state index contributed by atoms with van der Waals surface area (Å²) in [5.41, 5.74) is 1.97. The lowest BCUT2D eigenvalue weighted by Crippen LogP contribution is -2.20. The number of hydrogen-bond donors (Lipinski definition) is 2. The second kappa shape index (κ2) is 8.64. The maximum absolute atomic E-state index is 13.2. The minimum absolute atomic E-state index is 0.127. The third-order valence-corrected chi connectivity index (χ3v) is 8.55. The van der Waals surface area contributed by atoms with Gasteiger partial charge in [-0.15, -0.1) is 0 Å². The van der Waals surface area contributed by atoms with Gasteiger partial charge in [0.1, 0.15) is 0 Å². The Morgan fingerprint density at radius 3 is 1.50 bits per heavy atom. The fraction of sp³-hybridized carbons (Fsp3) is 0.0833. The first-order valence-electron chi connectivity index (χ1n) is 9.99. The van der Waals surface area contributed by atoms with Crippen LogP contribution in [0, 0.1) is 13.8 Å². The largest absolute Gasteiger partial charge is 0.239 e. The fourth-order valence-electron chi connectivity index (χ4n) is 4.23. The predicted octanol–water partition coefficient (Wildman–Crippen LogP) is 5.39. The molecule has 4 N–H and O–H groups in total. The number of hydrogen-bond acceptors (Lipinski definition) is 4. The van der Waals surface area contributed by atoms with Gasteiger partial charge in [0.2, 0.25) is 20.0 Å². The van der Waals surface area contributed by atoms with Crippen LogP contribution in [0.25, 0.3) is 33.0 Å². The summed E-state index contributed by atoms with van der Waals surface area (Å²) in [6, 6.07) is 16.4. The van der Waals surface area contributed by atoms with Crippen molar-refractivity contribution in [3.8, 4) is 22.3 Å². The van der Waals surface area contributed by atoms with Crippen LogP contribution in [0.5, 0.6) is 0 Å². The van der Waals surface area contributed by atoms with Crippen molar-refractivity contribution in [2.75, 3.05) is 0 Å². The van der Waals surface area contributed by atoms with E-state index in [4.69, 9.17) is 33.5 Å². The van der Waals surface area contributed by atoms with Crippen LogP contribution >= 0.6 is 23.2 Å². The van der Waals surface area contributed by atoms with Crippen LogP contribution in [0.2, 0.25) is 10.0 Å². The highest BCUT2D eigenvalue weighted by Crippen LogP contribution is 2.48. The molecule has 10 heteroatoms. The van der Waals surface area contributed by atoms with E-state index in [1.165, 1.54) is 0 Å². The van der Waals surface area contributed by atoms with Gasteiger partial charge in [-0.3, -0.25) is 0 Å². The molecule has 0 bridgehead atoms. The van der Waals surface area contributed by atoms with E-state index in [0.717, 1.165) is 0 Å². The molecule has 0 atom stereocenters. The number of benzene rings is 4. The van der Waals surface area contributed by atoms with Crippen LogP contribution in [-0.2, 0) is 20.0 Å². The molecule has 0 aliphatic rings. The number of sulfonamides is 2. The molecule has 0 fully saturated rings. The van der Waals surface area contributed by atoms with Crippen LogP contribution in [-0.4, -0.2) is 16.8 Å². The van der Waals surface area contributed by atoms with Gasteiger partial charge in [0.15, 0.2) is 0 Å². The number of rotatable bonds is 4. The van der Waals surface area contributed by atoms with E-state index >= 15 is 0 Å². The summed E-state index contributed by atoms with van der Waals surface area (Å²) in [5, 5.41) is 12.8. The molecule has 0 radical (unpaired) electrons. The molecule has 0 amide bonds. The van der Waals surface area contributed by atoms with Gasteiger partial charge >= 0.3 is 0 Å². The van der Waals surface area contributed by atoms with Gasteiger partial charge in [0.05, 0.1) is 9.79 Å². The molecule has 0 unspecified atom stereocenters. The highest BCUT2D eigenvalue weighted by molar-refractivity contribution is 7.90. The average Bonchev–Trinajstić information content (AvgIpc) is 2.74. The number of nitrogens with two attached hydrogens (primary N) is 2. The van der Waals surface area contributed by atoms with Gasteiger partial charge in [-0.05, 0) is 53.6 Å². The third-order valence-electron chi connectivity index (χ3n) is 5.77. The van der Waals surface area contributed by atoms with Crippen molar-refractivity contribution < 1.29 is 16.8 Å². The summed E-state index contributed by atoms with van der Waals surface area (Å²) in [7, 11) is -8.93. The fourth-order valence-corrected chi connectivity index (χ4v) is 6.63. The van der Waals surface area contributed by atoms with Crippen LogP contribution in [0.15, 0.2) is 70.5 Å². The molecule has 34 heavy (non-hydrogen) atoms. The Hall–Kier alpha value is -2.46. The quantitative estimate of drug-likeness (QED) is 0.364. The first-order valence-corrected chi connectivity index (χ1v) is 13.8. The Morgan fingerprint density at radius 2 is 1.03 bits per heavy atom. The van der Waals surface area contributed by atoms with Gasteiger partial charge in [-0.2, -0.15) is 0 Å². The maximum Gasteiger partial charge on any atom is 0.239 e. The molecule has 0 aliphatic carbocycles. The van der Waals surface area contributed by atoms with Crippen molar-refractivity contribution >= 4 is 54.0 Å². The zero-order chi connectivity index (χ0) is 25.0. The molecule has 0 aromatic heterocycles. The van der Waals surface area contributed by atoms with Crippen molar-refractivity contribution in [1.82, 2.24) is 0 Å². The summed E-state index contributed by atoms with van der Waals surface area (Å²) in [4.78, 5) is -0.716. The van der Waals surface area contributed by atoms with Crippen molar-refractivity contribution in [1.29, 1.82) is 0 Å². The second-order valence-corrected chi connectivity index (χ2v) is 11.7. The Balaban J connectivity index is 2.46. The molecule has 0 saturated heterocycles. The predicted molar refractivity (Wildman–Crippen MR) is 137 cm³/mol. The lowest BCUT2D eigenvalue weighted by atomic mass is 9.89. The maximum atomic E-state index is 13.2. The lowest BCUT2D eigenvalue weighted by molar-refractivity contribution is 0.597. The third kappa shape index (κ3) is 4.11. The van der Waals surface area contributed by atoms with Gasteiger partial charge in [0.25, 0.3) is 0 Å². The van der Waals surface area contributed by atoms with E-state index in [0.29, 0.717) is 32.1 Å². The van der Waals surface area contributed by atoms with E-state index in [2.05, 4.69) is 0 Å². The molecule has 4 aromatic carbocycles. The molecule has 0 heterocycles. The van der Waals surface area contributed by atoms with E-state index in [1.54, 1.807) is 74.5 Å². The lowest BCUT2D eigenvalue weighted by Gasteiger charge is -2.23. The van der Waals surface area contributed by atoms with Crippen molar-refractivity contribution in [3.63, 3.8) is 0 Å². The second-order valence-electron chi connectivity index (χ2n) is 7.87. The molecule has 0 saturated carbocycles. The Bertz CT molecular complexity index is 1700. The SMILES string of the molecule is Cc1c(Cl)cccc1-c1c(S(N)(=O)=O)c(-c2cccc(Cl)c2C)c2ccccc2c1S(N)(=O)=O. The molecule has 4 rings (SSSR count). The zero-order valence-corrected chi connectivity index (χ0v) is 21.3. The van der Waals surface area contributed by atoms with E-state index in [1.807, 2.05) is 0 Å². The van der Waals surface area contributed by atoms with Crippen molar-refractivity contribution in [3.05, 3.63) is 81.8 Å². The highest BCUT2D eigenvalue weighted by Gasteiger charge is 2.33. The molecule has 6 nitrogen and oxygen atoms in total. The van der Waals surface area contributed by atoms with Crippen LogP contribution < -0.4 is 10.3 Å². The number of halogens is 2. The van der Waals surface area contributed by atoms with Gasteiger partial charge in [-0.1, -0.05) is 71.7 Å². The van der Waals surface area contributed by atoms with Crippen LogP contribution in [0.3, 0.4) is 0 Å². The molecule has 0 aliphatic heterocycles. The summed E-state index contributed by atoms with van der Waals surface area (Å²) in [5.74, 6) is 0. The first-order chi connectivity index (χ1) is 15.8. The van der Waals surface area contributed by atoms with Crippen molar-refractivity contribution in [2.24, 2.45) is 10.3 Å². The average molecular weight is 535 g/mol. The topological polar surface area (TPSA) is 120 Å². The molecule has 176 valence electrons. The van der Waals surface area contributed by atoms with Gasteiger partial charge in [-0.25, -0.2) is 27.1 Å². The zero-order valence-electron chi connectivity index (χ0n) is 18.1. The van der Waals surface area contributed by atoms with Gasteiger partial charge in [0, 0.05) is 26.6 Å². The summed E-state index contributed by atoms with van der Waals surface area (Å²) in [6.45, 7) is 3.41. The molecule has 0 spiro atoms. The summed E-state index contributed by atoms with van der Waals surface area (Å²) >= 11 is 12.7. The minimum Gasteiger partial charge on any atom is -0.225 e. The van der Waals surface area contributed by atoms with Crippen molar-refractivity contribution in [2.45, 2.75) is 23.6 Å². The van der Waals surface area contributed by atoms with E-state index < -0.39 is 20.0 Å². The van der Waals surface area contributed by atoms with Gasteiger partial charge < -0.3 is 0 Å². The smallest absolute Gasteiger partial charge is 0.225 e. The Morgan fingerprint density at radius 1 is 0.588 bits per heavy atom. The number of primary sulfonamides is 2. The Labute approximate surface area is 208 Å². The number of fused-ring (bicyclic) bond motifs is 1. The monoisotopic (exact) mass is 534 g/mol. The summed E-state index contributed by atoms with van der Waals surface area (Å²) < 4.78 is 52.4. The van der Waals surface area contributed by atoms with E-state index in [-0.39, 0.29) is 31.9 Å². The molecular weight excluding hydrogens is 515 g/mol. The molecular formula is C24H20Cl2N2O4S2. The molecule has 4 aromatic rings. The summed E-state index contributed by atoms with van der Waals surface area (Å²) in [6.07, 6.45) is 0. The van der Waals surface area contributed by atoms with E-state index in [9.17, 15) is 16.8 Å². The van der Waals surface area contributed by atoms with Crippen LogP contribution in [0.1, 0.15) is 11.1 Å².